The van der Waals surface area contributed by atoms with Crippen molar-refractivity contribution in [3.8, 4) is 0 Å². The molecule has 1 rings (SSSR count). The van der Waals surface area contributed by atoms with E-state index in [9.17, 15) is 4.79 Å². The predicted octanol–water partition coefficient (Wildman–Crippen LogP) is 2.08. The number of nitrogens with two attached hydrogens (primary N) is 1. The molecule has 0 aliphatic rings. The molecule has 0 aliphatic heterocycles. The van der Waals surface area contributed by atoms with Gasteiger partial charge in [-0.05, 0) is 31.7 Å². The highest BCUT2D eigenvalue weighted by Gasteiger charge is 2.18. The van der Waals surface area contributed by atoms with Gasteiger partial charge in [-0.1, -0.05) is 19.0 Å². The third-order valence-corrected chi connectivity index (χ3v) is 2.75. The van der Waals surface area contributed by atoms with Crippen molar-refractivity contribution in [2.75, 3.05) is 11.9 Å². The van der Waals surface area contributed by atoms with Crippen molar-refractivity contribution in [2.45, 2.75) is 40.0 Å². The molecule has 0 atom stereocenters. The van der Waals surface area contributed by atoms with E-state index in [1.165, 1.54) is 0 Å². The molecule has 0 aliphatic carbocycles. The second kappa shape index (κ2) is 5.82. The lowest BCUT2D eigenvalue weighted by atomic mass is 9.84. The third kappa shape index (κ3) is 4.99. The van der Waals surface area contributed by atoms with Crippen molar-refractivity contribution in [3.05, 3.63) is 11.8 Å². The molecular weight excluding hydrogens is 218 g/mol. The largest absolute Gasteiger partial charge is 0.360 e. The van der Waals surface area contributed by atoms with E-state index in [-0.39, 0.29) is 11.3 Å². The summed E-state index contributed by atoms with van der Waals surface area (Å²) in [6.45, 7) is 6.67. The lowest BCUT2D eigenvalue weighted by Gasteiger charge is -2.23. The van der Waals surface area contributed by atoms with E-state index in [1.807, 2.05) is 0 Å². The number of nitrogens with one attached hydrogen (secondary N) is 1. The van der Waals surface area contributed by atoms with Crippen LogP contribution in [0.15, 0.2) is 10.6 Å². The number of carbonyl (C=O) groups excluding carboxylic acids is 1. The highest BCUT2D eigenvalue weighted by molar-refractivity contribution is 5.89. The lowest BCUT2D eigenvalue weighted by molar-refractivity contribution is -0.116. The van der Waals surface area contributed by atoms with E-state index in [0.717, 1.165) is 12.8 Å². The molecule has 0 fully saturated rings. The van der Waals surface area contributed by atoms with Gasteiger partial charge in [0.1, 0.15) is 5.76 Å². The number of aromatic nitrogens is 1. The summed E-state index contributed by atoms with van der Waals surface area (Å²) in [4.78, 5) is 11.6. The normalized spacial score (nSPS) is 11.5. The standard InChI is InChI=1S/C12H21N3O2/c1-9-8-10(15-17-9)14-11(16)4-5-12(2,3)6-7-13/h8H,4-7,13H2,1-3H3,(H,14,15,16). The van der Waals surface area contributed by atoms with E-state index in [1.54, 1.807) is 13.0 Å². The summed E-state index contributed by atoms with van der Waals surface area (Å²) in [6, 6.07) is 1.70. The Kier molecular flexibility index (Phi) is 4.69. The SMILES string of the molecule is Cc1cc(NC(=O)CCC(C)(C)CCN)no1. The van der Waals surface area contributed by atoms with Gasteiger partial charge in [-0.2, -0.15) is 0 Å². The molecule has 0 saturated heterocycles. The van der Waals surface area contributed by atoms with E-state index in [4.69, 9.17) is 10.3 Å². The number of hydrogen-bond acceptors (Lipinski definition) is 4. The van der Waals surface area contributed by atoms with Crippen LogP contribution in [0.5, 0.6) is 0 Å². The van der Waals surface area contributed by atoms with Crippen LogP contribution in [0, 0.1) is 12.3 Å². The Balaban J connectivity index is 2.35. The van der Waals surface area contributed by atoms with Gasteiger partial charge in [-0.15, -0.1) is 0 Å². The maximum atomic E-state index is 11.6. The average molecular weight is 239 g/mol. The Morgan fingerprint density at radius 1 is 1.53 bits per heavy atom. The summed E-state index contributed by atoms with van der Waals surface area (Å²) in [6.07, 6.45) is 2.20. The van der Waals surface area contributed by atoms with Crippen molar-refractivity contribution >= 4 is 11.7 Å². The van der Waals surface area contributed by atoms with Crippen molar-refractivity contribution in [3.63, 3.8) is 0 Å². The van der Waals surface area contributed by atoms with Crippen LogP contribution in [0.4, 0.5) is 5.82 Å². The Morgan fingerprint density at radius 2 is 2.24 bits per heavy atom. The van der Waals surface area contributed by atoms with Crippen molar-refractivity contribution in [2.24, 2.45) is 11.1 Å². The van der Waals surface area contributed by atoms with E-state index in [0.29, 0.717) is 24.5 Å². The summed E-state index contributed by atoms with van der Waals surface area (Å²) < 4.78 is 4.87. The third-order valence-electron chi connectivity index (χ3n) is 2.75. The number of aryl methyl sites for hydroxylation is 1. The molecule has 5 heteroatoms. The molecule has 0 spiro atoms. The van der Waals surface area contributed by atoms with Gasteiger partial charge in [0.15, 0.2) is 5.82 Å². The predicted molar refractivity (Wildman–Crippen MR) is 66.6 cm³/mol. The average Bonchev–Trinajstić information content (AvgIpc) is 2.61. The first kappa shape index (κ1) is 13.7. The van der Waals surface area contributed by atoms with Crippen LogP contribution in [0.2, 0.25) is 0 Å². The molecule has 0 unspecified atom stereocenters. The number of hydrogen-bond donors (Lipinski definition) is 2. The Morgan fingerprint density at radius 3 is 2.76 bits per heavy atom. The van der Waals surface area contributed by atoms with Crippen molar-refractivity contribution in [1.82, 2.24) is 5.16 Å². The smallest absolute Gasteiger partial charge is 0.225 e. The van der Waals surface area contributed by atoms with E-state index in [2.05, 4.69) is 24.3 Å². The number of carbonyl (C=O) groups is 1. The first-order valence-electron chi connectivity index (χ1n) is 5.86. The number of anilines is 1. The molecule has 1 amide bonds. The fraction of sp³-hybridized carbons (Fsp3) is 0.667. The molecule has 1 aromatic rings. The topological polar surface area (TPSA) is 81.2 Å². The molecule has 3 N–H and O–H groups in total. The van der Waals surface area contributed by atoms with Gasteiger partial charge < -0.3 is 15.6 Å². The molecule has 96 valence electrons. The number of rotatable bonds is 6. The Bertz CT molecular complexity index is 372. The first-order valence-corrected chi connectivity index (χ1v) is 5.86. The Labute approximate surface area is 102 Å². The van der Waals surface area contributed by atoms with Crippen LogP contribution in [0.3, 0.4) is 0 Å². The first-order chi connectivity index (χ1) is 7.93. The van der Waals surface area contributed by atoms with Gasteiger partial charge in [-0.3, -0.25) is 4.79 Å². The minimum absolute atomic E-state index is 0.0385. The summed E-state index contributed by atoms with van der Waals surface area (Å²) in [5.74, 6) is 1.12. The molecule has 0 bridgehead atoms. The fourth-order valence-corrected chi connectivity index (χ4v) is 1.60. The van der Waals surface area contributed by atoms with Crippen LogP contribution in [-0.2, 0) is 4.79 Å². The van der Waals surface area contributed by atoms with Crippen LogP contribution in [-0.4, -0.2) is 17.6 Å². The summed E-state index contributed by atoms with van der Waals surface area (Å²) in [5, 5.41) is 6.41. The minimum Gasteiger partial charge on any atom is -0.360 e. The minimum atomic E-state index is -0.0385. The maximum Gasteiger partial charge on any atom is 0.225 e. The summed E-state index contributed by atoms with van der Waals surface area (Å²) in [7, 11) is 0. The van der Waals surface area contributed by atoms with Gasteiger partial charge in [0.25, 0.3) is 0 Å². The molecule has 17 heavy (non-hydrogen) atoms. The van der Waals surface area contributed by atoms with Crippen LogP contribution in [0.1, 0.15) is 38.9 Å². The molecule has 0 aromatic carbocycles. The second-order valence-electron chi connectivity index (χ2n) is 5.07. The zero-order valence-electron chi connectivity index (χ0n) is 10.7. The monoisotopic (exact) mass is 239 g/mol. The highest BCUT2D eigenvalue weighted by atomic mass is 16.5. The van der Waals surface area contributed by atoms with Crippen LogP contribution < -0.4 is 11.1 Å². The van der Waals surface area contributed by atoms with Gasteiger partial charge >= 0.3 is 0 Å². The number of nitrogens with zero attached hydrogens (tertiary/aromatic N) is 1. The van der Waals surface area contributed by atoms with E-state index < -0.39 is 0 Å². The van der Waals surface area contributed by atoms with Crippen LogP contribution >= 0.6 is 0 Å². The van der Waals surface area contributed by atoms with Crippen LogP contribution in [0.25, 0.3) is 0 Å². The zero-order chi connectivity index (χ0) is 12.9. The zero-order valence-corrected chi connectivity index (χ0v) is 10.7. The highest BCUT2D eigenvalue weighted by Crippen LogP contribution is 2.26. The van der Waals surface area contributed by atoms with Gasteiger partial charge in [0.2, 0.25) is 5.91 Å². The van der Waals surface area contributed by atoms with Crippen molar-refractivity contribution < 1.29 is 9.32 Å². The summed E-state index contributed by atoms with van der Waals surface area (Å²) >= 11 is 0. The molecule has 5 nitrogen and oxygen atoms in total. The molecule has 1 heterocycles. The molecule has 0 saturated carbocycles. The van der Waals surface area contributed by atoms with Crippen molar-refractivity contribution in [1.29, 1.82) is 0 Å². The van der Waals surface area contributed by atoms with Gasteiger partial charge in [-0.25, -0.2) is 0 Å². The molecule has 0 radical (unpaired) electrons. The Hall–Kier alpha value is -1.36. The molecule has 1 aromatic heterocycles. The molecular formula is C12H21N3O2. The quantitative estimate of drug-likeness (QED) is 0.796. The second-order valence-corrected chi connectivity index (χ2v) is 5.07. The van der Waals surface area contributed by atoms with Gasteiger partial charge in [0.05, 0.1) is 0 Å². The lowest BCUT2D eigenvalue weighted by Crippen LogP contribution is -2.20. The fourth-order valence-electron chi connectivity index (χ4n) is 1.60. The van der Waals surface area contributed by atoms with E-state index >= 15 is 0 Å². The number of amides is 1. The summed E-state index contributed by atoms with van der Waals surface area (Å²) in [5.41, 5.74) is 5.63. The maximum absolute atomic E-state index is 11.6. The van der Waals surface area contributed by atoms with Gasteiger partial charge in [0, 0.05) is 12.5 Å².